The van der Waals surface area contributed by atoms with E-state index in [1.54, 1.807) is 4.90 Å². The lowest BCUT2D eigenvalue weighted by Crippen LogP contribution is -2.44. The number of sulfonamides is 1. The van der Waals surface area contributed by atoms with Gasteiger partial charge in [0, 0.05) is 29.8 Å². The van der Waals surface area contributed by atoms with E-state index in [0.717, 1.165) is 5.69 Å². The largest absolute Gasteiger partial charge is 0.455 e. The number of halogens is 1. The molecule has 9 heteroatoms. The minimum absolute atomic E-state index is 0.0184. The van der Waals surface area contributed by atoms with Crippen molar-refractivity contribution < 1.29 is 22.7 Å². The summed E-state index contributed by atoms with van der Waals surface area (Å²) in [5.41, 5.74) is 0.724. The second-order valence-corrected chi connectivity index (χ2v) is 10.3. The standard InChI is InChI=1S/C23H27ClN2O5S/c1-17(2)26(20-8-4-3-5-9-20)22(27)16-31-23(28)18-7-6-14-25(15-18)32(29,30)21-12-10-19(24)11-13-21/h3-5,8-13,17-18H,6-7,14-16H2,1-2H3. The summed E-state index contributed by atoms with van der Waals surface area (Å²) in [5.74, 6) is -1.52. The van der Waals surface area contributed by atoms with E-state index < -0.39 is 28.5 Å². The molecule has 0 aromatic heterocycles. The Bertz CT molecular complexity index is 1040. The smallest absolute Gasteiger partial charge is 0.310 e. The highest BCUT2D eigenvalue weighted by Gasteiger charge is 2.34. The molecule has 172 valence electrons. The van der Waals surface area contributed by atoms with Crippen molar-refractivity contribution in [1.29, 1.82) is 0 Å². The quantitative estimate of drug-likeness (QED) is 0.566. The molecule has 1 heterocycles. The highest BCUT2D eigenvalue weighted by molar-refractivity contribution is 7.89. The Labute approximate surface area is 194 Å². The maximum absolute atomic E-state index is 12.9. The van der Waals surface area contributed by atoms with Crippen LogP contribution in [0.5, 0.6) is 0 Å². The number of carbonyl (C=O) groups is 2. The molecule has 1 aliphatic heterocycles. The number of rotatable bonds is 7. The van der Waals surface area contributed by atoms with Crippen LogP contribution in [0.3, 0.4) is 0 Å². The van der Waals surface area contributed by atoms with Crippen molar-refractivity contribution in [2.24, 2.45) is 5.92 Å². The number of carbonyl (C=O) groups excluding carboxylic acids is 2. The van der Waals surface area contributed by atoms with Gasteiger partial charge in [-0.25, -0.2) is 8.42 Å². The normalized spacial score (nSPS) is 17.2. The molecule has 2 aromatic carbocycles. The predicted octanol–water partition coefficient (Wildman–Crippen LogP) is 3.73. The number of hydrogen-bond acceptors (Lipinski definition) is 5. The summed E-state index contributed by atoms with van der Waals surface area (Å²) in [6.07, 6.45) is 1.04. The van der Waals surface area contributed by atoms with Gasteiger partial charge < -0.3 is 9.64 Å². The number of amides is 1. The molecule has 1 amide bonds. The first kappa shape index (κ1) is 24.2. The summed E-state index contributed by atoms with van der Waals surface area (Å²) in [6, 6.07) is 15.0. The van der Waals surface area contributed by atoms with Crippen LogP contribution < -0.4 is 4.90 Å². The molecule has 0 N–H and O–H groups in total. The highest BCUT2D eigenvalue weighted by Crippen LogP contribution is 2.25. The Balaban J connectivity index is 1.62. The Kier molecular flexibility index (Phi) is 7.92. The molecule has 0 aliphatic carbocycles. The van der Waals surface area contributed by atoms with Gasteiger partial charge >= 0.3 is 5.97 Å². The van der Waals surface area contributed by atoms with Crippen LogP contribution in [-0.4, -0.2) is 50.3 Å². The van der Waals surface area contributed by atoms with Crippen LogP contribution in [0.4, 0.5) is 5.69 Å². The molecule has 1 saturated heterocycles. The van der Waals surface area contributed by atoms with Gasteiger partial charge in [0.1, 0.15) is 0 Å². The van der Waals surface area contributed by atoms with Crippen molar-refractivity contribution in [2.75, 3.05) is 24.6 Å². The maximum atomic E-state index is 12.9. The Morgan fingerprint density at radius 2 is 1.78 bits per heavy atom. The summed E-state index contributed by atoms with van der Waals surface area (Å²) in [4.78, 5) is 27.1. The van der Waals surface area contributed by atoms with Gasteiger partial charge in [0.2, 0.25) is 10.0 Å². The van der Waals surface area contributed by atoms with E-state index in [2.05, 4.69) is 0 Å². The van der Waals surface area contributed by atoms with E-state index in [4.69, 9.17) is 16.3 Å². The van der Waals surface area contributed by atoms with Gasteiger partial charge in [-0.05, 0) is 63.1 Å². The van der Waals surface area contributed by atoms with Gasteiger partial charge in [-0.1, -0.05) is 29.8 Å². The van der Waals surface area contributed by atoms with Crippen molar-refractivity contribution in [2.45, 2.75) is 37.6 Å². The van der Waals surface area contributed by atoms with E-state index in [1.165, 1.54) is 28.6 Å². The van der Waals surface area contributed by atoms with Crippen LogP contribution in [0, 0.1) is 5.92 Å². The zero-order chi connectivity index (χ0) is 23.3. The van der Waals surface area contributed by atoms with Crippen molar-refractivity contribution in [3.8, 4) is 0 Å². The fourth-order valence-corrected chi connectivity index (χ4v) is 5.40. The number of piperidine rings is 1. The Morgan fingerprint density at radius 3 is 2.41 bits per heavy atom. The fourth-order valence-electron chi connectivity index (χ4n) is 3.75. The predicted molar refractivity (Wildman–Crippen MR) is 123 cm³/mol. The van der Waals surface area contributed by atoms with E-state index in [0.29, 0.717) is 24.4 Å². The zero-order valence-electron chi connectivity index (χ0n) is 18.1. The number of benzene rings is 2. The third-order valence-electron chi connectivity index (χ3n) is 5.33. The molecule has 2 aromatic rings. The first-order chi connectivity index (χ1) is 15.2. The van der Waals surface area contributed by atoms with Crippen LogP contribution >= 0.6 is 11.6 Å². The second kappa shape index (κ2) is 10.5. The fraction of sp³-hybridized carbons (Fsp3) is 0.391. The lowest BCUT2D eigenvalue weighted by Gasteiger charge is -2.31. The topological polar surface area (TPSA) is 84.0 Å². The summed E-state index contributed by atoms with van der Waals surface area (Å²) in [5, 5.41) is 0.444. The van der Waals surface area contributed by atoms with Crippen LogP contribution in [-0.2, 0) is 24.3 Å². The third kappa shape index (κ3) is 5.68. The molecule has 1 unspecified atom stereocenters. The molecule has 1 aliphatic rings. The molecule has 3 rings (SSSR count). The van der Waals surface area contributed by atoms with E-state index in [1.807, 2.05) is 44.2 Å². The van der Waals surface area contributed by atoms with E-state index in [-0.39, 0.29) is 23.4 Å². The monoisotopic (exact) mass is 478 g/mol. The molecule has 0 radical (unpaired) electrons. The summed E-state index contributed by atoms with van der Waals surface area (Å²) in [6.45, 7) is 3.71. The van der Waals surface area contributed by atoms with Crippen LogP contribution in [0.15, 0.2) is 59.5 Å². The molecule has 1 fully saturated rings. The molecule has 7 nitrogen and oxygen atoms in total. The summed E-state index contributed by atoms with van der Waals surface area (Å²) in [7, 11) is -3.75. The van der Waals surface area contributed by atoms with Crippen LogP contribution in [0.1, 0.15) is 26.7 Å². The van der Waals surface area contributed by atoms with Gasteiger partial charge in [0.25, 0.3) is 5.91 Å². The average molecular weight is 479 g/mol. The molecule has 32 heavy (non-hydrogen) atoms. The highest BCUT2D eigenvalue weighted by atomic mass is 35.5. The number of anilines is 1. The van der Waals surface area contributed by atoms with Gasteiger partial charge in [-0.2, -0.15) is 4.31 Å². The maximum Gasteiger partial charge on any atom is 0.310 e. The van der Waals surface area contributed by atoms with Crippen molar-refractivity contribution in [1.82, 2.24) is 4.31 Å². The Morgan fingerprint density at radius 1 is 1.12 bits per heavy atom. The van der Waals surface area contributed by atoms with Crippen molar-refractivity contribution in [3.63, 3.8) is 0 Å². The third-order valence-corrected chi connectivity index (χ3v) is 7.46. The average Bonchev–Trinajstić information content (AvgIpc) is 2.78. The molecular formula is C23H27ClN2O5S. The van der Waals surface area contributed by atoms with Crippen molar-refractivity contribution >= 4 is 39.2 Å². The second-order valence-electron chi connectivity index (χ2n) is 7.96. The van der Waals surface area contributed by atoms with Crippen LogP contribution in [0.25, 0.3) is 0 Å². The van der Waals surface area contributed by atoms with Gasteiger partial charge in [0.15, 0.2) is 6.61 Å². The molecule has 0 spiro atoms. The van der Waals surface area contributed by atoms with Gasteiger partial charge in [0.05, 0.1) is 10.8 Å². The number of para-hydroxylation sites is 1. The lowest BCUT2D eigenvalue weighted by molar-refractivity contribution is -0.153. The number of esters is 1. The number of ether oxygens (including phenoxy) is 1. The number of nitrogens with zero attached hydrogens (tertiary/aromatic N) is 2. The van der Waals surface area contributed by atoms with Crippen molar-refractivity contribution in [3.05, 3.63) is 59.6 Å². The minimum Gasteiger partial charge on any atom is -0.455 e. The Hall–Kier alpha value is -2.42. The molecule has 1 atom stereocenters. The molecule has 0 bridgehead atoms. The van der Waals surface area contributed by atoms with E-state index in [9.17, 15) is 18.0 Å². The SMILES string of the molecule is CC(C)N(C(=O)COC(=O)C1CCCN(S(=O)(=O)c2ccc(Cl)cc2)C1)c1ccccc1. The summed E-state index contributed by atoms with van der Waals surface area (Å²) >= 11 is 5.85. The van der Waals surface area contributed by atoms with E-state index >= 15 is 0 Å². The number of hydrogen-bond donors (Lipinski definition) is 0. The minimum atomic E-state index is -3.75. The van der Waals surface area contributed by atoms with Crippen LogP contribution in [0.2, 0.25) is 5.02 Å². The summed E-state index contributed by atoms with van der Waals surface area (Å²) < 4.78 is 32.4. The lowest BCUT2D eigenvalue weighted by atomic mass is 10.00. The van der Waals surface area contributed by atoms with Gasteiger partial charge in [-0.15, -0.1) is 0 Å². The molecular weight excluding hydrogens is 452 g/mol. The first-order valence-electron chi connectivity index (χ1n) is 10.5. The molecule has 0 saturated carbocycles. The first-order valence-corrected chi connectivity index (χ1v) is 12.3. The van der Waals surface area contributed by atoms with Gasteiger partial charge in [-0.3, -0.25) is 9.59 Å². The zero-order valence-corrected chi connectivity index (χ0v) is 19.7.